The molecule has 3 nitrogen and oxygen atoms in total. The van der Waals surface area contributed by atoms with Gasteiger partial charge in [-0.2, -0.15) is 0 Å². The Morgan fingerprint density at radius 2 is 1.95 bits per heavy atom. The second kappa shape index (κ2) is 4.65. The molecule has 2 aromatic rings. The molecular weight excluding hydrogens is 250 g/mol. The largest absolute Gasteiger partial charge is 0.481 e. The molecule has 3 heteroatoms. The zero-order valence-corrected chi connectivity index (χ0v) is 12.1. The second-order valence-electron chi connectivity index (χ2n) is 6.37. The molecule has 1 aromatic carbocycles. The number of benzene rings is 1. The maximum absolute atomic E-state index is 11.4. The van der Waals surface area contributed by atoms with E-state index in [-0.39, 0.29) is 0 Å². The Morgan fingerprint density at radius 1 is 1.25 bits per heavy atom. The first-order chi connectivity index (χ1) is 9.50. The fourth-order valence-electron chi connectivity index (χ4n) is 3.18. The van der Waals surface area contributed by atoms with Crippen LogP contribution in [0, 0.1) is 0 Å². The van der Waals surface area contributed by atoms with Crippen LogP contribution in [0.5, 0.6) is 0 Å². The topological polar surface area (TPSA) is 42.2 Å². The van der Waals surface area contributed by atoms with E-state index in [1.165, 1.54) is 31.2 Å². The van der Waals surface area contributed by atoms with E-state index in [1.54, 1.807) is 13.8 Å². The summed E-state index contributed by atoms with van der Waals surface area (Å²) >= 11 is 0. The van der Waals surface area contributed by atoms with Crippen LogP contribution in [0.2, 0.25) is 0 Å². The summed E-state index contributed by atoms with van der Waals surface area (Å²) in [6, 6.07) is 8.78. The van der Waals surface area contributed by atoms with Gasteiger partial charge in [0.1, 0.15) is 0 Å². The predicted molar refractivity (Wildman–Crippen MR) is 80.1 cm³/mol. The van der Waals surface area contributed by atoms with Crippen LogP contribution < -0.4 is 0 Å². The molecule has 0 radical (unpaired) electrons. The average molecular weight is 271 g/mol. The standard InChI is InChI=1S/C17H21NO2/c1-17(2,16(19)20)13-7-8-15-12(11-13)9-10-18(15)14-5-3-4-6-14/h7-11,14H,3-6H2,1-2H3,(H,19,20). The van der Waals surface area contributed by atoms with Crippen molar-refractivity contribution in [1.82, 2.24) is 4.57 Å². The Bertz CT molecular complexity index is 648. The first kappa shape index (κ1) is 13.2. The van der Waals surface area contributed by atoms with Crippen molar-refractivity contribution in [2.45, 2.75) is 51.0 Å². The van der Waals surface area contributed by atoms with E-state index in [9.17, 15) is 9.90 Å². The lowest BCUT2D eigenvalue weighted by Crippen LogP contribution is -2.28. The summed E-state index contributed by atoms with van der Waals surface area (Å²) < 4.78 is 2.36. The van der Waals surface area contributed by atoms with Crippen molar-refractivity contribution in [1.29, 1.82) is 0 Å². The third-order valence-electron chi connectivity index (χ3n) is 4.69. The van der Waals surface area contributed by atoms with Gasteiger partial charge in [-0.05, 0) is 55.8 Å². The minimum absolute atomic E-state index is 0.617. The Labute approximate surface area is 119 Å². The third kappa shape index (κ3) is 2.01. The summed E-state index contributed by atoms with van der Waals surface area (Å²) in [7, 11) is 0. The van der Waals surface area contributed by atoms with Crippen LogP contribution in [0.15, 0.2) is 30.5 Å². The van der Waals surface area contributed by atoms with Crippen molar-refractivity contribution in [3.63, 3.8) is 0 Å². The number of rotatable bonds is 3. The van der Waals surface area contributed by atoms with E-state index < -0.39 is 11.4 Å². The van der Waals surface area contributed by atoms with Crippen LogP contribution in [-0.2, 0) is 10.2 Å². The number of hydrogen-bond donors (Lipinski definition) is 1. The maximum Gasteiger partial charge on any atom is 0.313 e. The van der Waals surface area contributed by atoms with Crippen molar-refractivity contribution in [2.75, 3.05) is 0 Å². The molecule has 0 atom stereocenters. The molecular formula is C17H21NO2. The van der Waals surface area contributed by atoms with Gasteiger partial charge >= 0.3 is 5.97 Å². The maximum atomic E-state index is 11.4. The summed E-state index contributed by atoms with van der Waals surface area (Å²) in [6.45, 7) is 3.51. The first-order valence-corrected chi connectivity index (χ1v) is 7.34. The van der Waals surface area contributed by atoms with Gasteiger partial charge in [-0.3, -0.25) is 4.79 Å². The van der Waals surface area contributed by atoms with E-state index in [0.29, 0.717) is 6.04 Å². The third-order valence-corrected chi connectivity index (χ3v) is 4.69. The van der Waals surface area contributed by atoms with Crippen LogP contribution >= 0.6 is 0 Å². The molecule has 0 unspecified atom stereocenters. The molecule has 1 N–H and O–H groups in total. The van der Waals surface area contributed by atoms with E-state index in [1.807, 2.05) is 12.1 Å². The van der Waals surface area contributed by atoms with Crippen molar-refractivity contribution < 1.29 is 9.90 Å². The summed E-state index contributed by atoms with van der Waals surface area (Å²) in [5, 5.41) is 10.5. The molecule has 1 heterocycles. The Hall–Kier alpha value is -1.77. The van der Waals surface area contributed by atoms with Gasteiger partial charge in [-0.15, -0.1) is 0 Å². The Balaban J connectivity index is 2.03. The number of aliphatic carboxylic acids is 1. The minimum Gasteiger partial charge on any atom is -0.481 e. The van der Waals surface area contributed by atoms with E-state index in [4.69, 9.17) is 0 Å². The molecule has 0 amide bonds. The normalized spacial score (nSPS) is 16.9. The van der Waals surface area contributed by atoms with E-state index >= 15 is 0 Å². The van der Waals surface area contributed by atoms with Crippen molar-refractivity contribution in [3.05, 3.63) is 36.0 Å². The lowest BCUT2D eigenvalue weighted by molar-refractivity contribution is -0.142. The number of carbonyl (C=O) groups is 1. The number of nitrogens with zero attached hydrogens (tertiary/aromatic N) is 1. The lowest BCUT2D eigenvalue weighted by Gasteiger charge is -2.20. The van der Waals surface area contributed by atoms with Gasteiger partial charge in [0.15, 0.2) is 0 Å². The van der Waals surface area contributed by atoms with Crippen molar-refractivity contribution in [2.24, 2.45) is 0 Å². The molecule has 1 saturated carbocycles. The Morgan fingerprint density at radius 3 is 2.60 bits per heavy atom. The molecule has 106 valence electrons. The SMILES string of the molecule is CC(C)(C(=O)O)c1ccc2c(ccn2C2CCCC2)c1. The van der Waals surface area contributed by atoms with Crippen LogP contribution in [0.1, 0.15) is 51.1 Å². The van der Waals surface area contributed by atoms with Crippen molar-refractivity contribution in [3.8, 4) is 0 Å². The number of aromatic nitrogens is 1. The molecule has 1 aromatic heterocycles. The molecule has 0 spiro atoms. The number of carboxylic acids is 1. The molecule has 1 fully saturated rings. The van der Waals surface area contributed by atoms with Crippen molar-refractivity contribution >= 4 is 16.9 Å². The monoisotopic (exact) mass is 271 g/mol. The first-order valence-electron chi connectivity index (χ1n) is 7.34. The van der Waals surface area contributed by atoms with Gasteiger partial charge in [0, 0.05) is 17.8 Å². The van der Waals surface area contributed by atoms with Crippen LogP contribution in [0.25, 0.3) is 10.9 Å². The number of carboxylic acid groups (broad SMARTS) is 1. The smallest absolute Gasteiger partial charge is 0.313 e. The zero-order valence-electron chi connectivity index (χ0n) is 12.1. The Kier molecular flexibility index (Phi) is 3.08. The zero-order chi connectivity index (χ0) is 14.3. The summed E-state index contributed by atoms with van der Waals surface area (Å²) in [4.78, 5) is 11.4. The highest BCUT2D eigenvalue weighted by atomic mass is 16.4. The summed E-state index contributed by atoms with van der Waals surface area (Å²) in [6.07, 6.45) is 7.29. The molecule has 0 aliphatic heterocycles. The fourth-order valence-corrected chi connectivity index (χ4v) is 3.18. The van der Waals surface area contributed by atoms with Crippen LogP contribution in [-0.4, -0.2) is 15.6 Å². The highest BCUT2D eigenvalue weighted by Gasteiger charge is 2.29. The second-order valence-corrected chi connectivity index (χ2v) is 6.37. The number of fused-ring (bicyclic) bond motifs is 1. The van der Waals surface area contributed by atoms with Gasteiger partial charge < -0.3 is 9.67 Å². The molecule has 0 saturated heterocycles. The predicted octanol–water partition coefficient (Wildman–Crippen LogP) is 4.12. The summed E-state index contributed by atoms with van der Waals surface area (Å²) in [5.41, 5.74) is 1.24. The highest BCUT2D eigenvalue weighted by Crippen LogP contribution is 2.34. The molecule has 1 aliphatic rings. The highest BCUT2D eigenvalue weighted by molar-refractivity contribution is 5.85. The van der Waals surface area contributed by atoms with Gasteiger partial charge in [-0.1, -0.05) is 18.9 Å². The quantitative estimate of drug-likeness (QED) is 0.912. The lowest BCUT2D eigenvalue weighted by atomic mass is 9.84. The molecule has 20 heavy (non-hydrogen) atoms. The molecule has 0 bridgehead atoms. The van der Waals surface area contributed by atoms with Crippen LogP contribution in [0.4, 0.5) is 0 Å². The van der Waals surface area contributed by atoms with Gasteiger partial charge in [0.2, 0.25) is 0 Å². The van der Waals surface area contributed by atoms with E-state index in [2.05, 4.69) is 22.9 Å². The van der Waals surface area contributed by atoms with Gasteiger partial charge in [0.25, 0.3) is 0 Å². The van der Waals surface area contributed by atoms with Gasteiger partial charge in [-0.25, -0.2) is 0 Å². The average Bonchev–Trinajstić information content (AvgIpc) is 3.06. The summed E-state index contributed by atoms with van der Waals surface area (Å²) in [5.74, 6) is -0.785. The fraction of sp³-hybridized carbons (Fsp3) is 0.471. The molecule has 1 aliphatic carbocycles. The number of hydrogen-bond acceptors (Lipinski definition) is 1. The van der Waals surface area contributed by atoms with Crippen LogP contribution in [0.3, 0.4) is 0 Å². The van der Waals surface area contributed by atoms with Gasteiger partial charge in [0.05, 0.1) is 5.41 Å². The molecule has 3 rings (SSSR count). The van der Waals surface area contributed by atoms with E-state index in [0.717, 1.165) is 10.9 Å². The minimum atomic E-state index is -0.844.